The average molecular weight is 271 g/mol. The first-order valence-corrected chi connectivity index (χ1v) is 5.31. The van der Waals surface area contributed by atoms with E-state index in [4.69, 9.17) is 5.26 Å². The molecule has 1 aromatic rings. The summed E-state index contributed by atoms with van der Waals surface area (Å²) >= 11 is 3.06. The standard InChI is InChI=1S/C11H12BrFN2/c1-11(2,3)15-8-5-4-7(6-14)9(12)10(8)13/h4-5,15H,1-3H3. The molecule has 2 nitrogen and oxygen atoms in total. The van der Waals surface area contributed by atoms with Crippen LogP contribution in [-0.2, 0) is 0 Å². The highest BCUT2D eigenvalue weighted by Crippen LogP contribution is 2.28. The van der Waals surface area contributed by atoms with Crippen molar-refractivity contribution in [1.29, 1.82) is 5.26 Å². The largest absolute Gasteiger partial charge is 0.378 e. The number of nitriles is 1. The number of anilines is 1. The van der Waals surface area contributed by atoms with Crippen molar-refractivity contribution in [2.24, 2.45) is 0 Å². The number of halogens is 2. The smallest absolute Gasteiger partial charge is 0.161 e. The number of benzene rings is 1. The van der Waals surface area contributed by atoms with Gasteiger partial charge in [-0.25, -0.2) is 4.39 Å². The first-order chi connectivity index (χ1) is 6.85. The molecule has 80 valence electrons. The Kier molecular flexibility index (Phi) is 3.35. The van der Waals surface area contributed by atoms with Gasteiger partial charge >= 0.3 is 0 Å². The van der Waals surface area contributed by atoms with Gasteiger partial charge in [0, 0.05) is 5.54 Å². The molecule has 1 aromatic carbocycles. The summed E-state index contributed by atoms with van der Waals surface area (Å²) in [6.07, 6.45) is 0. The van der Waals surface area contributed by atoms with Crippen molar-refractivity contribution in [1.82, 2.24) is 0 Å². The van der Waals surface area contributed by atoms with Gasteiger partial charge < -0.3 is 5.32 Å². The Morgan fingerprint density at radius 2 is 2.00 bits per heavy atom. The monoisotopic (exact) mass is 270 g/mol. The minimum atomic E-state index is -0.427. The molecule has 15 heavy (non-hydrogen) atoms. The maximum Gasteiger partial charge on any atom is 0.161 e. The van der Waals surface area contributed by atoms with Crippen LogP contribution in [-0.4, -0.2) is 5.54 Å². The van der Waals surface area contributed by atoms with Gasteiger partial charge in [0.15, 0.2) is 5.82 Å². The molecule has 0 radical (unpaired) electrons. The highest BCUT2D eigenvalue weighted by atomic mass is 79.9. The summed E-state index contributed by atoms with van der Waals surface area (Å²) in [5.41, 5.74) is 0.481. The van der Waals surface area contributed by atoms with E-state index in [0.717, 1.165) is 0 Å². The van der Waals surface area contributed by atoms with Gasteiger partial charge in [-0.1, -0.05) is 0 Å². The summed E-state index contributed by atoms with van der Waals surface area (Å²) < 4.78 is 13.9. The van der Waals surface area contributed by atoms with Gasteiger partial charge in [-0.05, 0) is 48.8 Å². The highest BCUT2D eigenvalue weighted by molar-refractivity contribution is 9.10. The molecule has 0 aliphatic carbocycles. The number of nitrogens with one attached hydrogen (secondary N) is 1. The highest BCUT2D eigenvalue weighted by Gasteiger charge is 2.15. The summed E-state index contributed by atoms with van der Waals surface area (Å²) in [7, 11) is 0. The van der Waals surface area contributed by atoms with E-state index in [9.17, 15) is 4.39 Å². The summed E-state index contributed by atoms with van der Waals surface area (Å²) in [5.74, 6) is -0.427. The fraction of sp³-hybridized carbons (Fsp3) is 0.364. The van der Waals surface area contributed by atoms with Crippen molar-refractivity contribution in [3.05, 3.63) is 28.0 Å². The molecular weight excluding hydrogens is 259 g/mol. The van der Waals surface area contributed by atoms with E-state index >= 15 is 0 Å². The third-order valence-corrected chi connectivity index (χ3v) is 2.49. The van der Waals surface area contributed by atoms with Gasteiger partial charge in [0.2, 0.25) is 0 Å². The lowest BCUT2D eigenvalue weighted by atomic mass is 10.1. The van der Waals surface area contributed by atoms with E-state index in [1.807, 2.05) is 26.8 Å². The van der Waals surface area contributed by atoms with Crippen molar-refractivity contribution < 1.29 is 4.39 Å². The van der Waals surface area contributed by atoms with Crippen LogP contribution in [0.15, 0.2) is 16.6 Å². The molecule has 0 aromatic heterocycles. The molecule has 0 bridgehead atoms. The van der Waals surface area contributed by atoms with Crippen LogP contribution in [0.4, 0.5) is 10.1 Å². The molecule has 0 aliphatic heterocycles. The normalized spacial score (nSPS) is 10.9. The zero-order valence-electron chi connectivity index (χ0n) is 8.86. The maximum absolute atomic E-state index is 13.7. The maximum atomic E-state index is 13.7. The fourth-order valence-electron chi connectivity index (χ4n) is 1.14. The zero-order chi connectivity index (χ0) is 11.6. The van der Waals surface area contributed by atoms with E-state index in [-0.39, 0.29) is 10.0 Å². The predicted octanol–water partition coefficient (Wildman–Crippen LogP) is 3.67. The second-order valence-electron chi connectivity index (χ2n) is 4.28. The lowest BCUT2D eigenvalue weighted by molar-refractivity contribution is 0.594. The van der Waals surface area contributed by atoms with Crippen LogP contribution in [0, 0.1) is 17.1 Å². The van der Waals surface area contributed by atoms with Gasteiger partial charge in [-0.3, -0.25) is 0 Å². The lowest BCUT2D eigenvalue weighted by Gasteiger charge is -2.22. The third-order valence-electron chi connectivity index (χ3n) is 1.71. The van der Waals surface area contributed by atoms with Gasteiger partial charge in [0.05, 0.1) is 15.7 Å². The van der Waals surface area contributed by atoms with Crippen molar-refractivity contribution in [3.63, 3.8) is 0 Å². The fourth-order valence-corrected chi connectivity index (χ4v) is 1.57. The molecule has 0 spiro atoms. The van der Waals surface area contributed by atoms with Gasteiger partial charge in [0.1, 0.15) is 6.07 Å². The van der Waals surface area contributed by atoms with E-state index in [0.29, 0.717) is 11.3 Å². The Labute approximate surface area is 97.2 Å². The van der Waals surface area contributed by atoms with Crippen LogP contribution in [0.5, 0.6) is 0 Å². The Bertz CT molecular complexity index is 416. The molecule has 0 saturated heterocycles. The molecule has 1 N–H and O–H groups in total. The summed E-state index contributed by atoms with van der Waals surface area (Å²) in [4.78, 5) is 0. The number of hydrogen-bond donors (Lipinski definition) is 1. The molecule has 4 heteroatoms. The van der Waals surface area contributed by atoms with Crippen molar-refractivity contribution in [2.75, 3.05) is 5.32 Å². The van der Waals surface area contributed by atoms with E-state index in [1.54, 1.807) is 12.1 Å². The van der Waals surface area contributed by atoms with Gasteiger partial charge in [-0.2, -0.15) is 5.26 Å². The Morgan fingerprint density at radius 3 is 2.47 bits per heavy atom. The summed E-state index contributed by atoms with van der Waals surface area (Å²) in [6.45, 7) is 5.83. The minimum absolute atomic E-state index is 0.208. The number of rotatable bonds is 1. The minimum Gasteiger partial charge on any atom is -0.378 e. The van der Waals surface area contributed by atoms with Crippen LogP contribution < -0.4 is 5.32 Å². The van der Waals surface area contributed by atoms with Crippen molar-refractivity contribution in [3.8, 4) is 6.07 Å². The first-order valence-electron chi connectivity index (χ1n) is 4.51. The molecule has 0 atom stereocenters. The van der Waals surface area contributed by atoms with Crippen molar-refractivity contribution in [2.45, 2.75) is 26.3 Å². The van der Waals surface area contributed by atoms with E-state index < -0.39 is 5.82 Å². The summed E-state index contributed by atoms with van der Waals surface area (Å²) in [5, 5.41) is 11.7. The molecule has 0 aliphatic rings. The number of hydrogen-bond acceptors (Lipinski definition) is 2. The van der Waals surface area contributed by atoms with Crippen LogP contribution in [0.1, 0.15) is 26.3 Å². The topological polar surface area (TPSA) is 35.8 Å². The van der Waals surface area contributed by atoms with E-state index in [1.165, 1.54) is 0 Å². The van der Waals surface area contributed by atoms with E-state index in [2.05, 4.69) is 21.2 Å². The SMILES string of the molecule is CC(C)(C)Nc1ccc(C#N)c(Br)c1F. The predicted molar refractivity (Wildman–Crippen MR) is 62.2 cm³/mol. The quantitative estimate of drug-likeness (QED) is 0.845. The Hall–Kier alpha value is -1.08. The molecular formula is C11H12BrFN2. The molecule has 0 unspecified atom stereocenters. The Balaban J connectivity index is 3.14. The van der Waals surface area contributed by atoms with Crippen molar-refractivity contribution >= 4 is 21.6 Å². The second-order valence-corrected chi connectivity index (χ2v) is 5.07. The van der Waals surface area contributed by atoms with Gasteiger partial charge in [0.25, 0.3) is 0 Å². The second kappa shape index (κ2) is 4.19. The summed E-state index contributed by atoms with van der Waals surface area (Å²) in [6, 6.07) is 5.07. The first kappa shape index (κ1) is 12.0. The third kappa shape index (κ3) is 2.93. The molecule has 0 fully saturated rings. The molecule has 1 rings (SSSR count). The van der Waals surface area contributed by atoms with Crippen LogP contribution in [0.25, 0.3) is 0 Å². The lowest BCUT2D eigenvalue weighted by Crippen LogP contribution is -2.26. The van der Waals surface area contributed by atoms with Gasteiger partial charge in [-0.15, -0.1) is 0 Å². The van der Waals surface area contributed by atoms with Crippen LogP contribution >= 0.6 is 15.9 Å². The average Bonchev–Trinajstić information content (AvgIpc) is 2.11. The molecule has 0 saturated carbocycles. The van der Waals surface area contributed by atoms with Crippen LogP contribution in [0.2, 0.25) is 0 Å². The Morgan fingerprint density at radius 1 is 1.40 bits per heavy atom. The number of nitrogens with zero attached hydrogens (tertiary/aromatic N) is 1. The van der Waals surface area contributed by atoms with Crippen LogP contribution in [0.3, 0.4) is 0 Å². The molecule has 0 heterocycles. The zero-order valence-corrected chi connectivity index (χ0v) is 10.4. The molecule has 0 amide bonds.